The number of ether oxygens (including phenoxy) is 5. The van der Waals surface area contributed by atoms with E-state index in [2.05, 4.69) is 23.6 Å². The number of fused-ring (bicyclic) bond motifs is 1. The first-order valence-electron chi connectivity index (χ1n) is 19.6. The molecule has 5 rings (SSSR count). The summed E-state index contributed by atoms with van der Waals surface area (Å²) in [5.74, 6) is -0.456. The van der Waals surface area contributed by atoms with Crippen LogP contribution in [0.3, 0.4) is 0 Å². The van der Waals surface area contributed by atoms with Crippen LogP contribution in [0.1, 0.15) is 84.6 Å². The number of nitrogens with zero attached hydrogens (tertiary/aromatic N) is 3. The second-order valence-corrected chi connectivity index (χ2v) is 14.4. The van der Waals surface area contributed by atoms with Gasteiger partial charge in [0.05, 0.1) is 47.4 Å². The van der Waals surface area contributed by atoms with Crippen molar-refractivity contribution in [3.8, 4) is 23.0 Å². The molecule has 0 unspecified atom stereocenters. The van der Waals surface area contributed by atoms with Crippen LogP contribution in [0.5, 0.6) is 23.0 Å². The minimum atomic E-state index is -4.36. The molecule has 60 heavy (non-hydrogen) atoms. The number of benzene rings is 4. The Morgan fingerprint density at radius 2 is 1.38 bits per heavy atom. The number of halogens is 3. The van der Waals surface area contributed by atoms with E-state index in [-0.39, 0.29) is 41.2 Å². The van der Waals surface area contributed by atoms with Gasteiger partial charge in [-0.1, -0.05) is 43.4 Å². The van der Waals surface area contributed by atoms with Crippen LogP contribution in [0.15, 0.2) is 109 Å². The van der Waals surface area contributed by atoms with Gasteiger partial charge in [-0.2, -0.15) is 18.3 Å². The van der Waals surface area contributed by atoms with E-state index in [1.54, 1.807) is 54.6 Å². The van der Waals surface area contributed by atoms with Crippen molar-refractivity contribution >= 4 is 50.8 Å². The number of hydrogen-bond acceptors (Lipinski definition) is 12. The van der Waals surface area contributed by atoms with Crippen LogP contribution >= 0.6 is 11.3 Å². The van der Waals surface area contributed by atoms with Crippen molar-refractivity contribution in [2.75, 3.05) is 31.4 Å². The van der Waals surface area contributed by atoms with Crippen LogP contribution in [-0.4, -0.2) is 61.6 Å². The zero-order valence-electron chi connectivity index (χ0n) is 33.2. The molecule has 0 fully saturated rings. The number of hydrogen-bond donors (Lipinski definition) is 0. The highest BCUT2D eigenvalue weighted by Crippen LogP contribution is 2.31. The number of unbranched alkanes of at least 4 members (excludes halogenated alkanes) is 4. The highest BCUT2D eigenvalue weighted by Gasteiger charge is 2.27. The standard InChI is InChI=1S/C45H46F3N3O8S/c1-3-5-27-55-35-21-17-33(18-22-35)43(54)59-39-24-23-37(58-42(53)32-15-19-36(20-16-32)56-28-10-6-7-11-29-57-41(52)4-2)30-34(39)31-49-51(26-12-25-45(46,47)48)44-50-38-13-8-9-14-40(38)60-44/h4,8-9,13-24,30-31H,2-3,5-7,10-12,25-29H2,1H3/b49-31+. The van der Waals surface area contributed by atoms with Gasteiger partial charge in [-0.05, 0) is 117 Å². The third kappa shape index (κ3) is 14.6. The van der Waals surface area contributed by atoms with E-state index >= 15 is 0 Å². The second-order valence-electron chi connectivity index (χ2n) is 13.4. The predicted molar refractivity (Wildman–Crippen MR) is 225 cm³/mol. The first-order valence-corrected chi connectivity index (χ1v) is 20.4. The van der Waals surface area contributed by atoms with Crippen LogP contribution in [-0.2, 0) is 9.53 Å². The molecular formula is C45H46F3N3O8S. The van der Waals surface area contributed by atoms with Gasteiger partial charge in [0.25, 0.3) is 0 Å². The number of anilines is 1. The fraction of sp³-hybridized carbons (Fsp3) is 0.311. The molecule has 0 aliphatic heterocycles. The Morgan fingerprint density at radius 3 is 2.02 bits per heavy atom. The summed E-state index contributed by atoms with van der Waals surface area (Å²) in [6.07, 6.45) is 2.00. The van der Waals surface area contributed by atoms with E-state index in [0.29, 0.717) is 42.0 Å². The number of carbonyl (C=O) groups excluding carboxylic acids is 3. The molecule has 316 valence electrons. The zero-order valence-corrected chi connectivity index (χ0v) is 34.0. The van der Waals surface area contributed by atoms with E-state index < -0.39 is 30.5 Å². The smallest absolute Gasteiger partial charge is 0.389 e. The van der Waals surface area contributed by atoms with Gasteiger partial charge < -0.3 is 23.7 Å². The highest BCUT2D eigenvalue weighted by atomic mass is 32.1. The molecule has 4 aromatic carbocycles. The Hall–Kier alpha value is -6.22. The van der Waals surface area contributed by atoms with Crippen molar-refractivity contribution in [1.82, 2.24) is 4.98 Å². The topological polar surface area (TPSA) is 126 Å². The monoisotopic (exact) mass is 845 g/mol. The summed E-state index contributed by atoms with van der Waals surface area (Å²) in [4.78, 5) is 42.3. The highest BCUT2D eigenvalue weighted by molar-refractivity contribution is 7.22. The molecule has 0 radical (unpaired) electrons. The molecule has 0 aliphatic carbocycles. The Bertz CT molecular complexity index is 2180. The van der Waals surface area contributed by atoms with Crippen LogP contribution in [0.25, 0.3) is 10.2 Å². The summed E-state index contributed by atoms with van der Waals surface area (Å²) in [5, 5.41) is 6.25. The molecule has 0 saturated heterocycles. The lowest BCUT2D eigenvalue weighted by Gasteiger charge is -2.17. The number of hydrazone groups is 1. The van der Waals surface area contributed by atoms with Crippen molar-refractivity contribution < 1.29 is 51.2 Å². The van der Waals surface area contributed by atoms with Gasteiger partial charge in [-0.25, -0.2) is 24.4 Å². The fourth-order valence-electron chi connectivity index (χ4n) is 5.53. The number of thiazole rings is 1. The largest absolute Gasteiger partial charge is 0.494 e. The number of carbonyl (C=O) groups is 3. The minimum absolute atomic E-state index is 0.0593. The molecule has 5 aromatic rings. The van der Waals surface area contributed by atoms with Crippen molar-refractivity contribution in [2.24, 2.45) is 5.10 Å². The second kappa shape index (κ2) is 22.8. The summed E-state index contributed by atoms with van der Waals surface area (Å²) in [6, 6.07) is 24.6. The number of rotatable bonds is 23. The number of aromatic nitrogens is 1. The summed E-state index contributed by atoms with van der Waals surface area (Å²) in [6.45, 7) is 6.67. The van der Waals surface area contributed by atoms with E-state index in [0.717, 1.165) is 49.3 Å². The molecule has 0 spiro atoms. The summed E-state index contributed by atoms with van der Waals surface area (Å²) in [7, 11) is 0. The molecule has 0 atom stereocenters. The summed E-state index contributed by atoms with van der Waals surface area (Å²) in [5.41, 5.74) is 1.36. The van der Waals surface area contributed by atoms with Crippen molar-refractivity contribution in [3.05, 3.63) is 120 Å². The molecule has 1 heterocycles. The molecule has 1 aromatic heterocycles. The SMILES string of the molecule is C=CC(=O)OCCCCCCOc1ccc(C(=O)Oc2ccc(OC(=O)c3ccc(OCCCC)cc3)c(/C=N/N(CCCC(F)(F)F)c3nc4ccccc4s3)c2)cc1. The third-order valence-corrected chi connectivity index (χ3v) is 9.78. The van der Waals surface area contributed by atoms with Crippen molar-refractivity contribution in [1.29, 1.82) is 0 Å². The lowest BCUT2D eigenvalue weighted by atomic mass is 10.2. The maximum absolute atomic E-state index is 13.3. The normalized spacial score (nSPS) is 11.3. The molecular weight excluding hydrogens is 800 g/mol. The van der Waals surface area contributed by atoms with Crippen LogP contribution in [0.2, 0.25) is 0 Å². The van der Waals surface area contributed by atoms with Gasteiger partial charge in [0.2, 0.25) is 5.13 Å². The Balaban J connectivity index is 1.30. The molecule has 0 saturated carbocycles. The molecule has 0 bridgehead atoms. The first kappa shape index (κ1) is 44.9. The van der Waals surface area contributed by atoms with Crippen LogP contribution in [0.4, 0.5) is 18.3 Å². The first-order chi connectivity index (χ1) is 29.0. The van der Waals surface area contributed by atoms with E-state index in [1.165, 1.54) is 40.8 Å². The van der Waals surface area contributed by atoms with Gasteiger partial charge in [-0.15, -0.1) is 0 Å². The number of para-hydroxylation sites is 1. The lowest BCUT2D eigenvalue weighted by Crippen LogP contribution is -2.20. The van der Waals surface area contributed by atoms with Gasteiger partial charge in [-0.3, -0.25) is 0 Å². The molecule has 0 N–H and O–H groups in total. The van der Waals surface area contributed by atoms with Gasteiger partial charge >= 0.3 is 24.1 Å². The number of alkyl halides is 3. The van der Waals surface area contributed by atoms with Gasteiger partial charge in [0.1, 0.15) is 23.0 Å². The zero-order chi connectivity index (χ0) is 42.7. The van der Waals surface area contributed by atoms with Gasteiger partial charge in [0, 0.05) is 24.6 Å². The lowest BCUT2D eigenvalue weighted by molar-refractivity contribution is -0.138. The maximum Gasteiger partial charge on any atom is 0.389 e. The predicted octanol–water partition coefficient (Wildman–Crippen LogP) is 10.8. The number of esters is 3. The fourth-order valence-corrected chi connectivity index (χ4v) is 6.48. The average molecular weight is 846 g/mol. The third-order valence-electron chi connectivity index (χ3n) is 8.73. The molecule has 0 aliphatic rings. The van der Waals surface area contributed by atoms with Crippen LogP contribution in [0, 0.1) is 0 Å². The minimum Gasteiger partial charge on any atom is -0.494 e. The molecule has 0 amide bonds. The Labute approximate surface area is 350 Å². The maximum atomic E-state index is 13.3. The Morgan fingerprint density at radius 1 is 0.767 bits per heavy atom. The average Bonchev–Trinajstić information content (AvgIpc) is 3.68. The van der Waals surface area contributed by atoms with Crippen LogP contribution < -0.4 is 24.0 Å². The van der Waals surface area contributed by atoms with E-state index in [4.69, 9.17) is 23.7 Å². The quantitative estimate of drug-likeness (QED) is 0.0157. The Kier molecular flexibility index (Phi) is 17.1. The van der Waals surface area contributed by atoms with E-state index in [1.807, 2.05) is 18.2 Å². The molecule has 11 nitrogen and oxygen atoms in total. The molecule has 15 heteroatoms. The van der Waals surface area contributed by atoms with Crippen molar-refractivity contribution in [2.45, 2.75) is 64.5 Å². The van der Waals surface area contributed by atoms with Crippen molar-refractivity contribution in [3.63, 3.8) is 0 Å². The summed E-state index contributed by atoms with van der Waals surface area (Å²) < 4.78 is 68.3. The summed E-state index contributed by atoms with van der Waals surface area (Å²) >= 11 is 1.27. The van der Waals surface area contributed by atoms with Gasteiger partial charge in [0.15, 0.2) is 0 Å². The van der Waals surface area contributed by atoms with E-state index in [9.17, 15) is 27.6 Å².